The third-order valence-corrected chi connectivity index (χ3v) is 7.66. The lowest BCUT2D eigenvalue weighted by atomic mass is 9.91. The molecule has 0 spiro atoms. The Labute approximate surface area is 161 Å². The molecule has 0 radical (unpaired) electrons. The van der Waals surface area contributed by atoms with Crippen molar-refractivity contribution in [3.8, 4) is 5.75 Å². The molecule has 2 aromatic rings. The summed E-state index contributed by atoms with van der Waals surface area (Å²) in [5, 5.41) is 3.62. The Balaban J connectivity index is 1.66. The Morgan fingerprint density at radius 3 is 2.48 bits per heavy atom. The minimum Gasteiger partial charge on any atom is -0.497 e. The van der Waals surface area contributed by atoms with E-state index in [1.807, 2.05) is 12.1 Å². The Kier molecular flexibility index (Phi) is 4.86. The quantitative estimate of drug-likeness (QED) is 0.871. The summed E-state index contributed by atoms with van der Waals surface area (Å²) in [5.74, 6) is 1.02. The number of ether oxygens (including phenoxy) is 1. The van der Waals surface area contributed by atoms with Crippen LogP contribution in [0.2, 0.25) is 0 Å². The highest BCUT2D eigenvalue weighted by Crippen LogP contribution is 2.42. The summed E-state index contributed by atoms with van der Waals surface area (Å²) in [6.07, 6.45) is 2.15. The second-order valence-electron chi connectivity index (χ2n) is 7.30. The van der Waals surface area contributed by atoms with Crippen LogP contribution in [0.25, 0.3) is 0 Å². The minimum absolute atomic E-state index is 0.295. The molecule has 4 rings (SSSR count). The highest BCUT2D eigenvalue weighted by Gasteiger charge is 2.35. The molecule has 6 heteroatoms. The normalized spacial score (nSPS) is 22.4. The molecule has 1 saturated heterocycles. The first-order valence-electron chi connectivity index (χ1n) is 9.55. The first kappa shape index (κ1) is 18.3. The summed E-state index contributed by atoms with van der Waals surface area (Å²) in [6.45, 7) is 5.42. The van der Waals surface area contributed by atoms with Gasteiger partial charge in [-0.05, 0) is 74.0 Å². The van der Waals surface area contributed by atoms with Crippen LogP contribution >= 0.6 is 0 Å². The van der Waals surface area contributed by atoms with E-state index in [1.165, 1.54) is 0 Å². The van der Waals surface area contributed by atoms with Crippen molar-refractivity contribution in [3.63, 3.8) is 0 Å². The zero-order chi connectivity index (χ0) is 19.0. The smallest absolute Gasteiger partial charge is 0.206 e. The van der Waals surface area contributed by atoms with E-state index in [2.05, 4.69) is 17.1 Å². The van der Waals surface area contributed by atoms with Crippen LogP contribution in [-0.2, 0) is 9.84 Å². The number of likely N-dealkylation sites (tertiary alicyclic amines) is 1. The van der Waals surface area contributed by atoms with Crippen LogP contribution in [0.1, 0.15) is 31.2 Å². The third-order valence-electron chi connectivity index (χ3n) is 5.89. The SMILES string of the molecule is CCN1CC[C@@H]2Nc3ccc(S(=O)(=O)c4ccc(OC)cc4)cc3[C@@H]2CC1. The van der Waals surface area contributed by atoms with Gasteiger partial charge in [0.15, 0.2) is 0 Å². The lowest BCUT2D eigenvalue weighted by molar-refractivity contribution is 0.298. The van der Waals surface area contributed by atoms with E-state index in [4.69, 9.17) is 4.74 Å². The van der Waals surface area contributed by atoms with Crippen molar-refractivity contribution in [3.05, 3.63) is 48.0 Å². The minimum atomic E-state index is -3.54. The van der Waals surface area contributed by atoms with Gasteiger partial charge in [0.2, 0.25) is 9.84 Å². The maximum atomic E-state index is 13.1. The number of sulfone groups is 1. The summed E-state index contributed by atoms with van der Waals surface area (Å²) in [4.78, 5) is 3.13. The predicted octanol–water partition coefficient (Wildman–Crippen LogP) is 3.52. The Morgan fingerprint density at radius 2 is 1.78 bits per heavy atom. The fourth-order valence-electron chi connectivity index (χ4n) is 4.26. The van der Waals surface area contributed by atoms with Crippen molar-refractivity contribution in [1.82, 2.24) is 4.90 Å². The molecular formula is C21H26N2O3S. The molecule has 0 aliphatic carbocycles. The summed E-state index contributed by atoms with van der Waals surface area (Å²) in [6, 6.07) is 12.5. The van der Waals surface area contributed by atoms with Crippen molar-refractivity contribution in [2.24, 2.45) is 0 Å². The molecule has 0 saturated carbocycles. The van der Waals surface area contributed by atoms with E-state index in [0.717, 1.165) is 43.7 Å². The standard InChI is InChI=1S/C21H26N2O3S/c1-3-23-12-10-18-19-14-17(8-9-20(19)22-21(18)11-13-23)27(24,25)16-6-4-15(26-2)5-7-16/h4-9,14,18,21-22H,3,10-13H2,1-2H3/t18-,21-/m0/s1. The molecule has 144 valence electrons. The second-order valence-corrected chi connectivity index (χ2v) is 9.25. The van der Waals surface area contributed by atoms with Gasteiger partial charge in [-0.15, -0.1) is 0 Å². The number of rotatable bonds is 4. The molecular weight excluding hydrogens is 360 g/mol. The highest BCUT2D eigenvalue weighted by atomic mass is 32.2. The van der Waals surface area contributed by atoms with E-state index in [-0.39, 0.29) is 0 Å². The van der Waals surface area contributed by atoms with Crippen molar-refractivity contribution in [2.45, 2.75) is 41.5 Å². The number of hydrogen-bond donors (Lipinski definition) is 1. The molecule has 1 N–H and O–H groups in total. The number of methoxy groups -OCH3 is 1. The van der Waals surface area contributed by atoms with Gasteiger partial charge < -0.3 is 15.0 Å². The predicted molar refractivity (Wildman–Crippen MR) is 106 cm³/mol. The zero-order valence-electron chi connectivity index (χ0n) is 15.8. The average Bonchev–Trinajstić information content (AvgIpc) is 2.91. The zero-order valence-corrected chi connectivity index (χ0v) is 16.6. The van der Waals surface area contributed by atoms with Gasteiger partial charge in [-0.1, -0.05) is 6.92 Å². The fraction of sp³-hybridized carbons (Fsp3) is 0.429. The summed E-state index contributed by atoms with van der Waals surface area (Å²) in [5.41, 5.74) is 2.23. The van der Waals surface area contributed by atoms with Crippen LogP contribution in [0.5, 0.6) is 5.75 Å². The number of nitrogens with zero attached hydrogens (tertiary/aromatic N) is 1. The van der Waals surface area contributed by atoms with Gasteiger partial charge in [0.25, 0.3) is 0 Å². The number of nitrogens with one attached hydrogen (secondary N) is 1. The monoisotopic (exact) mass is 386 g/mol. The maximum Gasteiger partial charge on any atom is 0.206 e. The number of hydrogen-bond acceptors (Lipinski definition) is 5. The Hall–Kier alpha value is -2.05. The first-order valence-corrected chi connectivity index (χ1v) is 11.0. The van der Waals surface area contributed by atoms with Crippen molar-refractivity contribution >= 4 is 15.5 Å². The van der Waals surface area contributed by atoms with Crippen molar-refractivity contribution in [2.75, 3.05) is 32.1 Å². The van der Waals surface area contributed by atoms with Gasteiger partial charge in [0.05, 0.1) is 16.9 Å². The van der Waals surface area contributed by atoms with Crippen LogP contribution in [0.15, 0.2) is 52.3 Å². The van der Waals surface area contributed by atoms with Crippen LogP contribution < -0.4 is 10.1 Å². The molecule has 2 atom stereocenters. The molecule has 2 aromatic carbocycles. The molecule has 2 heterocycles. The maximum absolute atomic E-state index is 13.1. The number of benzene rings is 2. The third kappa shape index (κ3) is 3.32. The summed E-state index contributed by atoms with van der Waals surface area (Å²) < 4.78 is 31.3. The van der Waals surface area contributed by atoms with Crippen LogP contribution in [0, 0.1) is 0 Å². The van der Waals surface area contributed by atoms with Crippen molar-refractivity contribution < 1.29 is 13.2 Å². The lowest BCUT2D eigenvalue weighted by Crippen LogP contribution is -2.25. The van der Waals surface area contributed by atoms with Gasteiger partial charge in [-0.3, -0.25) is 0 Å². The summed E-state index contributed by atoms with van der Waals surface area (Å²) in [7, 11) is -1.97. The molecule has 2 aliphatic heterocycles. The lowest BCUT2D eigenvalue weighted by Gasteiger charge is -2.17. The molecule has 2 aliphatic rings. The molecule has 0 amide bonds. The van der Waals surface area contributed by atoms with Crippen molar-refractivity contribution in [1.29, 1.82) is 0 Å². The van der Waals surface area contributed by atoms with E-state index >= 15 is 0 Å². The molecule has 27 heavy (non-hydrogen) atoms. The van der Waals surface area contributed by atoms with Crippen LogP contribution in [0.4, 0.5) is 5.69 Å². The fourth-order valence-corrected chi connectivity index (χ4v) is 5.55. The first-order chi connectivity index (χ1) is 13.0. The molecule has 0 unspecified atom stereocenters. The van der Waals surface area contributed by atoms with Gasteiger partial charge in [-0.2, -0.15) is 0 Å². The van der Waals surface area contributed by atoms with E-state index in [0.29, 0.717) is 27.5 Å². The van der Waals surface area contributed by atoms with Crippen LogP contribution in [-0.4, -0.2) is 46.1 Å². The van der Waals surface area contributed by atoms with Crippen LogP contribution in [0.3, 0.4) is 0 Å². The summed E-state index contributed by atoms with van der Waals surface area (Å²) >= 11 is 0. The van der Waals surface area contributed by atoms with Gasteiger partial charge in [0, 0.05) is 24.2 Å². The largest absolute Gasteiger partial charge is 0.497 e. The highest BCUT2D eigenvalue weighted by molar-refractivity contribution is 7.91. The Morgan fingerprint density at radius 1 is 1.07 bits per heavy atom. The van der Waals surface area contributed by atoms with Gasteiger partial charge >= 0.3 is 0 Å². The Bertz CT molecular complexity index is 925. The number of anilines is 1. The van der Waals surface area contributed by atoms with Gasteiger partial charge in [-0.25, -0.2) is 8.42 Å². The van der Waals surface area contributed by atoms with E-state index in [1.54, 1.807) is 37.4 Å². The molecule has 0 bridgehead atoms. The topological polar surface area (TPSA) is 58.6 Å². The number of fused-ring (bicyclic) bond motifs is 3. The molecule has 1 fully saturated rings. The molecule has 5 nitrogen and oxygen atoms in total. The average molecular weight is 387 g/mol. The second kappa shape index (κ2) is 7.17. The van der Waals surface area contributed by atoms with E-state index < -0.39 is 9.84 Å². The van der Waals surface area contributed by atoms with Gasteiger partial charge in [0.1, 0.15) is 5.75 Å². The van der Waals surface area contributed by atoms with E-state index in [9.17, 15) is 8.42 Å². The molecule has 0 aromatic heterocycles.